The summed E-state index contributed by atoms with van der Waals surface area (Å²) in [6, 6.07) is -0.542. The summed E-state index contributed by atoms with van der Waals surface area (Å²) in [5, 5.41) is 23.5. The Morgan fingerprint density at radius 3 is 1.03 bits per heavy atom. The second kappa shape index (κ2) is 67.8. The summed E-state index contributed by atoms with van der Waals surface area (Å²) in [6.07, 6.45) is 85.1. The Labute approximate surface area is 488 Å². The molecule has 0 fully saturated rings. The lowest BCUT2D eigenvalue weighted by molar-refractivity contribution is -0.143. The maximum absolute atomic E-state index is 12.6. The zero-order valence-electron chi connectivity index (χ0n) is 52.9. The zero-order valence-corrected chi connectivity index (χ0v) is 52.9. The highest BCUT2D eigenvalue weighted by Gasteiger charge is 2.20. The van der Waals surface area contributed by atoms with Gasteiger partial charge in [0.15, 0.2) is 0 Å². The second-order valence-electron chi connectivity index (χ2n) is 24.6. The van der Waals surface area contributed by atoms with E-state index in [0.717, 1.165) is 51.4 Å². The highest BCUT2D eigenvalue weighted by Crippen LogP contribution is 2.19. The van der Waals surface area contributed by atoms with Crippen molar-refractivity contribution in [2.45, 2.75) is 411 Å². The van der Waals surface area contributed by atoms with E-state index >= 15 is 0 Å². The summed E-state index contributed by atoms with van der Waals surface area (Å²) in [4.78, 5) is 24.6. The fraction of sp³-hybridized carbons (Fsp3) is 0.917. The summed E-state index contributed by atoms with van der Waals surface area (Å²) >= 11 is 0. The van der Waals surface area contributed by atoms with Gasteiger partial charge in [-0.1, -0.05) is 359 Å². The van der Waals surface area contributed by atoms with Crippen LogP contribution in [-0.4, -0.2) is 47.4 Å². The minimum atomic E-state index is -0.665. The van der Waals surface area contributed by atoms with E-state index in [2.05, 4.69) is 43.5 Å². The number of carbonyl (C=O) groups excluding carboxylic acids is 2. The third-order valence-electron chi connectivity index (χ3n) is 16.7. The molecule has 2 unspecified atom stereocenters. The van der Waals surface area contributed by atoms with E-state index < -0.39 is 12.1 Å². The van der Waals surface area contributed by atoms with Crippen molar-refractivity contribution in [2.24, 2.45) is 0 Å². The van der Waals surface area contributed by atoms with Gasteiger partial charge in [0.1, 0.15) is 0 Å². The lowest BCUT2D eigenvalue weighted by Crippen LogP contribution is -2.45. The third-order valence-corrected chi connectivity index (χ3v) is 16.7. The first-order valence-corrected chi connectivity index (χ1v) is 35.6. The molecule has 0 aliphatic carbocycles. The number of hydrogen-bond donors (Lipinski definition) is 3. The van der Waals surface area contributed by atoms with Crippen LogP contribution in [0.15, 0.2) is 24.3 Å². The molecule has 0 aromatic carbocycles. The predicted molar refractivity (Wildman–Crippen MR) is 343 cm³/mol. The highest BCUT2D eigenvalue weighted by molar-refractivity contribution is 5.76. The average Bonchev–Trinajstić information content (AvgIpc) is 3.44. The number of rotatable bonds is 67. The Kier molecular flexibility index (Phi) is 66.4. The fourth-order valence-corrected chi connectivity index (χ4v) is 11.3. The van der Waals surface area contributed by atoms with Crippen LogP contribution in [0.2, 0.25) is 0 Å². The summed E-state index contributed by atoms with van der Waals surface area (Å²) < 4.78 is 5.48. The molecule has 462 valence electrons. The quantitative estimate of drug-likeness (QED) is 0.0320. The van der Waals surface area contributed by atoms with Crippen molar-refractivity contribution >= 4 is 11.9 Å². The van der Waals surface area contributed by atoms with Crippen LogP contribution in [0.4, 0.5) is 0 Å². The SMILES string of the molecule is CCC/C=C\C/C=C\CCCCCCCC(=O)OCCCCCCCCCCCCCCCCCCCCCCCCCCC(=O)NC(CO)C(O)CCCCCCCCCCCCCCCCCCCCCCCCCC. The molecule has 6 heteroatoms. The third kappa shape index (κ3) is 63.5. The molecule has 0 spiro atoms. The van der Waals surface area contributed by atoms with Crippen molar-refractivity contribution in [3.8, 4) is 0 Å². The molecular weight excluding hydrogens is 959 g/mol. The average molecular weight is 1100 g/mol. The number of ether oxygens (including phenoxy) is 1. The number of carbonyl (C=O) groups is 2. The van der Waals surface area contributed by atoms with Gasteiger partial charge < -0.3 is 20.3 Å². The lowest BCUT2D eigenvalue weighted by Gasteiger charge is -2.22. The minimum absolute atomic E-state index is 0.000964. The Morgan fingerprint density at radius 2 is 0.667 bits per heavy atom. The van der Waals surface area contributed by atoms with Crippen LogP contribution in [0.3, 0.4) is 0 Å². The first-order chi connectivity index (χ1) is 38.5. The smallest absolute Gasteiger partial charge is 0.305 e. The van der Waals surface area contributed by atoms with E-state index in [0.29, 0.717) is 25.9 Å². The molecular formula is C72H139NO5. The number of esters is 1. The number of nitrogens with one attached hydrogen (secondary N) is 1. The van der Waals surface area contributed by atoms with Crippen molar-refractivity contribution in [1.29, 1.82) is 0 Å². The van der Waals surface area contributed by atoms with Crippen LogP contribution in [0.5, 0.6) is 0 Å². The summed E-state index contributed by atoms with van der Waals surface area (Å²) in [5.74, 6) is -0.0281. The van der Waals surface area contributed by atoms with Gasteiger partial charge in [-0.05, 0) is 51.4 Å². The molecule has 0 bridgehead atoms. The van der Waals surface area contributed by atoms with E-state index in [4.69, 9.17) is 4.74 Å². The van der Waals surface area contributed by atoms with Crippen LogP contribution >= 0.6 is 0 Å². The molecule has 0 aliphatic rings. The molecule has 0 heterocycles. The molecule has 6 nitrogen and oxygen atoms in total. The largest absolute Gasteiger partial charge is 0.466 e. The molecule has 2 atom stereocenters. The van der Waals surface area contributed by atoms with Crippen LogP contribution in [0.25, 0.3) is 0 Å². The van der Waals surface area contributed by atoms with Crippen LogP contribution < -0.4 is 5.32 Å². The van der Waals surface area contributed by atoms with E-state index in [-0.39, 0.29) is 18.5 Å². The number of amides is 1. The second-order valence-corrected chi connectivity index (χ2v) is 24.6. The van der Waals surface area contributed by atoms with E-state index in [1.807, 2.05) is 0 Å². The Morgan fingerprint density at radius 1 is 0.359 bits per heavy atom. The van der Waals surface area contributed by atoms with Crippen molar-refractivity contribution in [3.63, 3.8) is 0 Å². The number of allylic oxidation sites excluding steroid dienone is 4. The lowest BCUT2D eigenvalue weighted by atomic mass is 10.0. The van der Waals surface area contributed by atoms with Crippen molar-refractivity contribution in [1.82, 2.24) is 5.32 Å². The van der Waals surface area contributed by atoms with Gasteiger partial charge in [-0.3, -0.25) is 9.59 Å². The minimum Gasteiger partial charge on any atom is -0.466 e. The first kappa shape index (κ1) is 76.3. The molecule has 1 amide bonds. The number of aliphatic hydroxyl groups is 2. The van der Waals surface area contributed by atoms with Crippen LogP contribution in [-0.2, 0) is 14.3 Å². The standard InChI is InChI=1S/C72H139NO5/c1-3-5-7-9-11-13-15-17-18-19-20-21-22-25-28-31-34-37-41-44-48-52-56-60-64-70(75)69(68-74)73-71(76)65-61-57-53-49-45-42-38-35-32-29-26-23-24-27-30-33-36-39-43-47-51-55-59-63-67-78-72(77)66-62-58-54-50-46-40-16-14-12-10-8-6-4-2/h8,10,14,16,69-70,74-75H,3-7,9,11-13,15,17-68H2,1-2H3,(H,73,76)/b10-8-,16-14-. The van der Waals surface area contributed by atoms with Gasteiger partial charge in [-0.15, -0.1) is 0 Å². The van der Waals surface area contributed by atoms with Crippen molar-refractivity contribution < 1.29 is 24.5 Å². The van der Waals surface area contributed by atoms with Crippen LogP contribution in [0, 0.1) is 0 Å². The molecule has 0 saturated heterocycles. The van der Waals surface area contributed by atoms with E-state index in [1.54, 1.807) is 0 Å². The zero-order chi connectivity index (χ0) is 56.4. The van der Waals surface area contributed by atoms with Gasteiger partial charge in [0.05, 0.1) is 25.4 Å². The highest BCUT2D eigenvalue weighted by atomic mass is 16.5. The molecule has 3 N–H and O–H groups in total. The van der Waals surface area contributed by atoms with Gasteiger partial charge in [0, 0.05) is 12.8 Å². The molecule has 78 heavy (non-hydrogen) atoms. The number of aliphatic hydroxyl groups excluding tert-OH is 2. The van der Waals surface area contributed by atoms with Gasteiger partial charge in [-0.2, -0.15) is 0 Å². The molecule has 0 aliphatic heterocycles. The van der Waals surface area contributed by atoms with Gasteiger partial charge in [0.2, 0.25) is 5.91 Å². The molecule has 0 aromatic heterocycles. The first-order valence-electron chi connectivity index (χ1n) is 35.6. The normalized spacial score (nSPS) is 12.6. The molecule has 0 saturated carbocycles. The Hall–Kier alpha value is -1.66. The number of hydrogen-bond acceptors (Lipinski definition) is 5. The molecule has 0 aromatic rings. The summed E-state index contributed by atoms with van der Waals surface area (Å²) in [7, 11) is 0. The summed E-state index contributed by atoms with van der Waals surface area (Å²) in [5.41, 5.74) is 0. The van der Waals surface area contributed by atoms with E-state index in [9.17, 15) is 19.8 Å². The van der Waals surface area contributed by atoms with Crippen molar-refractivity contribution in [3.05, 3.63) is 24.3 Å². The van der Waals surface area contributed by atoms with Crippen molar-refractivity contribution in [2.75, 3.05) is 13.2 Å². The molecule has 0 rings (SSSR count). The molecule has 0 radical (unpaired) electrons. The van der Waals surface area contributed by atoms with E-state index in [1.165, 1.54) is 315 Å². The fourth-order valence-electron chi connectivity index (χ4n) is 11.3. The van der Waals surface area contributed by atoms with Gasteiger partial charge in [-0.25, -0.2) is 0 Å². The van der Waals surface area contributed by atoms with Gasteiger partial charge >= 0.3 is 5.97 Å². The Bertz CT molecular complexity index is 1220. The Balaban J connectivity index is 3.37. The maximum Gasteiger partial charge on any atom is 0.305 e. The number of unbranched alkanes of at least 4 members (excludes halogenated alkanes) is 52. The van der Waals surface area contributed by atoms with Gasteiger partial charge in [0.25, 0.3) is 0 Å². The monoisotopic (exact) mass is 1100 g/mol. The maximum atomic E-state index is 12.6. The van der Waals surface area contributed by atoms with Crippen LogP contribution in [0.1, 0.15) is 399 Å². The summed E-state index contributed by atoms with van der Waals surface area (Å²) in [6.45, 7) is 4.92. The topological polar surface area (TPSA) is 95.9 Å². The predicted octanol–water partition coefficient (Wildman–Crippen LogP) is 22.9.